The maximum atomic E-state index is 12.6. The molecule has 1 amide bonds. The number of H-pyrrole nitrogens is 1. The number of nitrogens with zero attached hydrogens (tertiary/aromatic N) is 5. The highest BCUT2D eigenvalue weighted by molar-refractivity contribution is 5.94. The fraction of sp³-hybridized carbons (Fsp3) is 0.300. The molecule has 0 spiro atoms. The van der Waals surface area contributed by atoms with E-state index in [1.54, 1.807) is 12.3 Å². The molecule has 1 N–H and O–H groups in total. The quantitative estimate of drug-likeness (QED) is 0.747. The van der Waals surface area contributed by atoms with Gasteiger partial charge in [-0.25, -0.2) is 9.67 Å². The number of anilines is 1. The van der Waals surface area contributed by atoms with Gasteiger partial charge in [-0.2, -0.15) is 5.10 Å². The van der Waals surface area contributed by atoms with Crippen LogP contribution >= 0.6 is 0 Å². The molecule has 8 heteroatoms. The molecule has 1 aliphatic heterocycles. The zero-order chi connectivity index (χ0) is 19.7. The highest BCUT2D eigenvalue weighted by Gasteiger charge is 2.26. The highest BCUT2D eigenvalue weighted by Crippen LogP contribution is 2.27. The van der Waals surface area contributed by atoms with Crippen molar-refractivity contribution in [3.8, 4) is 5.82 Å². The Morgan fingerprint density at radius 3 is 2.50 bits per heavy atom. The van der Waals surface area contributed by atoms with E-state index >= 15 is 0 Å². The summed E-state index contributed by atoms with van der Waals surface area (Å²) >= 11 is 0. The van der Waals surface area contributed by atoms with Crippen molar-refractivity contribution in [2.24, 2.45) is 0 Å². The monoisotopic (exact) mass is 378 g/mol. The Morgan fingerprint density at radius 2 is 1.86 bits per heavy atom. The van der Waals surface area contributed by atoms with Crippen LogP contribution in [0.2, 0.25) is 0 Å². The number of carbonyl (C=O) groups is 1. The SMILES string of the molecule is Cc1nn(-c2ccccn2)c(C)c1N1CCN(C(=O)c2ccc(=O)[nH]c2)CC1. The second kappa shape index (κ2) is 7.30. The van der Waals surface area contributed by atoms with E-state index in [4.69, 9.17) is 0 Å². The first kappa shape index (κ1) is 18.0. The third-order valence-electron chi connectivity index (χ3n) is 5.03. The summed E-state index contributed by atoms with van der Waals surface area (Å²) in [5.74, 6) is 0.731. The van der Waals surface area contributed by atoms with Gasteiger partial charge in [0.15, 0.2) is 5.82 Å². The molecule has 144 valence electrons. The van der Waals surface area contributed by atoms with Crippen molar-refractivity contribution in [1.82, 2.24) is 24.6 Å². The van der Waals surface area contributed by atoms with Gasteiger partial charge in [0.25, 0.3) is 5.91 Å². The molecule has 4 heterocycles. The van der Waals surface area contributed by atoms with Gasteiger partial charge in [0, 0.05) is 44.6 Å². The van der Waals surface area contributed by atoms with Crippen LogP contribution in [-0.4, -0.2) is 56.7 Å². The first-order chi connectivity index (χ1) is 13.5. The molecule has 1 aliphatic rings. The normalized spacial score (nSPS) is 14.4. The molecule has 0 radical (unpaired) electrons. The summed E-state index contributed by atoms with van der Waals surface area (Å²) in [7, 11) is 0. The minimum absolute atomic E-state index is 0.0616. The molecule has 0 bridgehead atoms. The zero-order valence-corrected chi connectivity index (χ0v) is 15.9. The number of carbonyl (C=O) groups excluding carboxylic acids is 1. The molecule has 1 fully saturated rings. The lowest BCUT2D eigenvalue weighted by atomic mass is 10.2. The van der Waals surface area contributed by atoms with Gasteiger partial charge in [-0.05, 0) is 32.0 Å². The molecule has 3 aromatic heterocycles. The number of pyridine rings is 2. The van der Waals surface area contributed by atoms with Crippen LogP contribution in [0.1, 0.15) is 21.7 Å². The molecule has 0 atom stereocenters. The van der Waals surface area contributed by atoms with Crippen molar-refractivity contribution in [3.05, 3.63) is 70.0 Å². The van der Waals surface area contributed by atoms with Crippen LogP contribution in [-0.2, 0) is 0 Å². The lowest BCUT2D eigenvalue weighted by Crippen LogP contribution is -2.49. The summed E-state index contributed by atoms with van der Waals surface area (Å²) in [5, 5.41) is 4.66. The number of aryl methyl sites for hydroxylation is 1. The Hall–Kier alpha value is -3.42. The Morgan fingerprint density at radius 1 is 1.07 bits per heavy atom. The Kier molecular flexibility index (Phi) is 4.68. The molecule has 0 unspecified atom stereocenters. The fourth-order valence-corrected chi connectivity index (χ4v) is 3.65. The van der Waals surface area contributed by atoms with E-state index in [1.165, 1.54) is 12.3 Å². The largest absolute Gasteiger partial charge is 0.365 e. The van der Waals surface area contributed by atoms with Crippen molar-refractivity contribution >= 4 is 11.6 Å². The first-order valence-corrected chi connectivity index (χ1v) is 9.25. The number of nitrogens with one attached hydrogen (secondary N) is 1. The van der Waals surface area contributed by atoms with Crippen LogP contribution in [0.5, 0.6) is 0 Å². The second-order valence-electron chi connectivity index (χ2n) is 6.84. The summed E-state index contributed by atoms with van der Waals surface area (Å²) in [6.07, 6.45) is 3.23. The lowest BCUT2D eigenvalue weighted by Gasteiger charge is -2.36. The Labute approximate surface area is 162 Å². The third-order valence-corrected chi connectivity index (χ3v) is 5.03. The van der Waals surface area contributed by atoms with E-state index in [2.05, 4.69) is 20.0 Å². The summed E-state index contributed by atoms with van der Waals surface area (Å²) in [6, 6.07) is 8.71. The molecule has 4 rings (SSSR count). The molecule has 0 saturated carbocycles. The average Bonchev–Trinajstić information content (AvgIpc) is 3.03. The van der Waals surface area contributed by atoms with Gasteiger partial charge in [-0.15, -0.1) is 0 Å². The molecule has 0 aromatic carbocycles. The summed E-state index contributed by atoms with van der Waals surface area (Å²) in [5.41, 5.74) is 3.38. The predicted molar refractivity (Wildman–Crippen MR) is 106 cm³/mol. The molecule has 28 heavy (non-hydrogen) atoms. The first-order valence-electron chi connectivity index (χ1n) is 9.25. The van der Waals surface area contributed by atoms with E-state index in [1.807, 2.05) is 41.6 Å². The molecular formula is C20H22N6O2. The van der Waals surface area contributed by atoms with Crippen LogP contribution in [0.15, 0.2) is 47.5 Å². The zero-order valence-electron chi connectivity index (χ0n) is 15.9. The maximum Gasteiger partial charge on any atom is 0.255 e. The summed E-state index contributed by atoms with van der Waals surface area (Å²) < 4.78 is 1.86. The molecular weight excluding hydrogens is 356 g/mol. The minimum Gasteiger partial charge on any atom is -0.365 e. The molecule has 3 aromatic rings. The minimum atomic E-state index is -0.211. The molecule has 0 aliphatic carbocycles. The number of hydrogen-bond donors (Lipinski definition) is 1. The maximum absolute atomic E-state index is 12.6. The number of amides is 1. The topological polar surface area (TPSA) is 87.1 Å². The summed E-state index contributed by atoms with van der Waals surface area (Å²) in [6.45, 7) is 6.73. The van der Waals surface area contributed by atoms with Gasteiger partial charge in [0.2, 0.25) is 5.56 Å². The van der Waals surface area contributed by atoms with E-state index < -0.39 is 0 Å². The van der Waals surface area contributed by atoms with Gasteiger partial charge in [0.05, 0.1) is 22.6 Å². The van der Waals surface area contributed by atoms with Gasteiger partial charge in [0.1, 0.15) is 0 Å². The Balaban J connectivity index is 1.50. The van der Waals surface area contributed by atoms with Gasteiger partial charge >= 0.3 is 0 Å². The number of piperazine rings is 1. The third kappa shape index (κ3) is 3.28. The van der Waals surface area contributed by atoms with E-state index in [0.29, 0.717) is 18.7 Å². The highest BCUT2D eigenvalue weighted by atomic mass is 16.2. The number of rotatable bonds is 3. The summed E-state index contributed by atoms with van der Waals surface area (Å²) in [4.78, 5) is 34.9. The van der Waals surface area contributed by atoms with Gasteiger partial charge < -0.3 is 14.8 Å². The number of aromatic nitrogens is 4. The van der Waals surface area contributed by atoms with Crippen LogP contribution in [0.3, 0.4) is 0 Å². The van der Waals surface area contributed by atoms with Crippen LogP contribution < -0.4 is 10.5 Å². The Bertz CT molecular complexity index is 1030. The molecule has 1 saturated heterocycles. The van der Waals surface area contributed by atoms with Crippen LogP contribution in [0, 0.1) is 13.8 Å². The second-order valence-corrected chi connectivity index (χ2v) is 6.84. The number of aromatic amines is 1. The standard InChI is InChI=1S/C20H22N6O2/c1-14-19(15(2)26(23-14)17-5-3-4-8-21-17)24-9-11-25(12-10-24)20(28)16-6-7-18(27)22-13-16/h3-8,13H,9-12H2,1-2H3,(H,22,27). The van der Waals surface area contributed by atoms with Crippen LogP contribution in [0.25, 0.3) is 5.82 Å². The fourth-order valence-electron chi connectivity index (χ4n) is 3.65. The predicted octanol–water partition coefficient (Wildman–Crippen LogP) is 1.53. The average molecular weight is 378 g/mol. The van der Waals surface area contributed by atoms with Gasteiger partial charge in [-0.3, -0.25) is 9.59 Å². The van der Waals surface area contributed by atoms with Crippen molar-refractivity contribution in [1.29, 1.82) is 0 Å². The molecule has 8 nitrogen and oxygen atoms in total. The van der Waals surface area contributed by atoms with Gasteiger partial charge in [-0.1, -0.05) is 6.07 Å². The van der Waals surface area contributed by atoms with E-state index in [0.717, 1.165) is 36.0 Å². The van der Waals surface area contributed by atoms with Crippen molar-refractivity contribution < 1.29 is 4.79 Å². The van der Waals surface area contributed by atoms with Crippen molar-refractivity contribution in [2.45, 2.75) is 13.8 Å². The lowest BCUT2D eigenvalue weighted by molar-refractivity contribution is 0.0746. The van der Waals surface area contributed by atoms with Crippen LogP contribution in [0.4, 0.5) is 5.69 Å². The van der Waals surface area contributed by atoms with E-state index in [9.17, 15) is 9.59 Å². The number of hydrogen-bond acceptors (Lipinski definition) is 5. The smallest absolute Gasteiger partial charge is 0.255 e. The van der Waals surface area contributed by atoms with Crippen molar-refractivity contribution in [3.63, 3.8) is 0 Å². The van der Waals surface area contributed by atoms with Crippen molar-refractivity contribution in [2.75, 3.05) is 31.1 Å². The van der Waals surface area contributed by atoms with E-state index in [-0.39, 0.29) is 11.5 Å².